The van der Waals surface area contributed by atoms with Gasteiger partial charge in [-0.1, -0.05) is 95.5 Å². The second-order valence-corrected chi connectivity index (χ2v) is 14.7. The summed E-state index contributed by atoms with van der Waals surface area (Å²) >= 11 is 18.8. The summed E-state index contributed by atoms with van der Waals surface area (Å²) in [6.45, 7) is 4.94. The van der Waals surface area contributed by atoms with Crippen molar-refractivity contribution in [2.75, 3.05) is 10.8 Å². The Kier molecular flexibility index (Phi) is 11.2. The molecule has 0 saturated heterocycles. The van der Waals surface area contributed by atoms with E-state index in [0.717, 1.165) is 9.87 Å². The smallest absolute Gasteiger partial charge is 0.264 e. The van der Waals surface area contributed by atoms with Gasteiger partial charge in [-0.3, -0.25) is 13.9 Å². The number of amides is 2. The summed E-state index contributed by atoms with van der Waals surface area (Å²) in [4.78, 5) is 29.8. The number of hydrogen-bond acceptors (Lipinski definition) is 4. The van der Waals surface area contributed by atoms with Gasteiger partial charge in [-0.25, -0.2) is 8.42 Å². The van der Waals surface area contributed by atoms with Crippen molar-refractivity contribution in [2.24, 2.45) is 0 Å². The zero-order valence-electron chi connectivity index (χ0n) is 25.1. The molecule has 4 aromatic rings. The van der Waals surface area contributed by atoms with E-state index in [0.29, 0.717) is 15.6 Å². The first-order valence-corrected chi connectivity index (χ1v) is 16.7. The minimum atomic E-state index is -4.29. The van der Waals surface area contributed by atoms with Crippen LogP contribution < -0.4 is 9.62 Å². The number of sulfonamides is 1. The summed E-state index contributed by atoms with van der Waals surface area (Å²) in [6.07, 6.45) is 0.190. The molecule has 1 unspecified atom stereocenters. The van der Waals surface area contributed by atoms with Crippen molar-refractivity contribution in [1.29, 1.82) is 0 Å². The number of anilines is 1. The van der Waals surface area contributed by atoms with Crippen LogP contribution in [0.15, 0.2) is 108 Å². The lowest BCUT2D eigenvalue weighted by Crippen LogP contribution is -2.56. The average Bonchev–Trinajstić information content (AvgIpc) is 2.99. The molecule has 0 aromatic heterocycles. The molecule has 7 nitrogen and oxygen atoms in total. The van der Waals surface area contributed by atoms with Crippen molar-refractivity contribution < 1.29 is 18.0 Å². The summed E-state index contributed by atoms with van der Waals surface area (Å²) in [5.74, 6) is -0.990. The molecule has 0 aliphatic rings. The highest BCUT2D eigenvalue weighted by molar-refractivity contribution is 7.92. The number of benzene rings is 4. The van der Waals surface area contributed by atoms with E-state index >= 15 is 0 Å². The number of nitrogens with zero attached hydrogens (tertiary/aromatic N) is 2. The molecule has 0 bridgehead atoms. The van der Waals surface area contributed by atoms with Gasteiger partial charge in [0.25, 0.3) is 10.0 Å². The molecule has 0 aliphatic heterocycles. The van der Waals surface area contributed by atoms with Crippen LogP contribution in [0.2, 0.25) is 15.1 Å². The van der Waals surface area contributed by atoms with Crippen LogP contribution in [0.4, 0.5) is 5.69 Å². The first-order chi connectivity index (χ1) is 21.2. The molecule has 1 atom stereocenters. The van der Waals surface area contributed by atoms with Crippen LogP contribution >= 0.6 is 34.8 Å². The van der Waals surface area contributed by atoms with Gasteiger partial charge in [0.1, 0.15) is 12.6 Å². The third-order valence-corrected chi connectivity index (χ3v) is 9.39. The summed E-state index contributed by atoms with van der Waals surface area (Å²) < 4.78 is 29.1. The van der Waals surface area contributed by atoms with E-state index in [4.69, 9.17) is 34.8 Å². The predicted molar refractivity (Wildman–Crippen MR) is 181 cm³/mol. The third kappa shape index (κ3) is 9.23. The van der Waals surface area contributed by atoms with E-state index < -0.39 is 34.1 Å². The van der Waals surface area contributed by atoms with Gasteiger partial charge in [0, 0.05) is 28.5 Å². The average molecular weight is 687 g/mol. The van der Waals surface area contributed by atoms with E-state index in [-0.39, 0.29) is 34.5 Å². The lowest BCUT2D eigenvalue weighted by Gasteiger charge is -2.35. The SMILES string of the molecule is CC(C)(C)NC(=O)C(Cc1ccccc1)N(Cc1ccc(Cl)cc1)C(=O)CN(c1ccc(Cl)cc1Cl)S(=O)(=O)c1ccccc1. The molecule has 1 N–H and O–H groups in total. The Bertz CT molecular complexity index is 1730. The molecular weight excluding hydrogens is 653 g/mol. The molecule has 0 aliphatic carbocycles. The highest BCUT2D eigenvalue weighted by Crippen LogP contribution is 2.33. The van der Waals surface area contributed by atoms with E-state index in [9.17, 15) is 18.0 Å². The molecule has 0 spiro atoms. The molecule has 0 fully saturated rings. The summed E-state index contributed by atoms with van der Waals surface area (Å²) in [7, 11) is -4.29. The Morgan fingerprint density at radius 2 is 1.36 bits per heavy atom. The fraction of sp³-hybridized carbons (Fsp3) is 0.235. The van der Waals surface area contributed by atoms with Crippen LogP contribution in [0, 0.1) is 0 Å². The van der Waals surface area contributed by atoms with Crippen molar-refractivity contribution in [1.82, 2.24) is 10.2 Å². The maximum atomic E-state index is 14.5. The van der Waals surface area contributed by atoms with Crippen LogP contribution in [-0.2, 0) is 32.6 Å². The maximum absolute atomic E-state index is 14.5. The quantitative estimate of drug-likeness (QED) is 0.178. The zero-order valence-corrected chi connectivity index (χ0v) is 28.2. The Morgan fingerprint density at radius 3 is 1.93 bits per heavy atom. The van der Waals surface area contributed by atoms with Crippen LogP contribution in [0.1, 0.15) is 31.9 Å². The summed E-state index contributed by atoms with van der Waals surface area (Å²) in [5, 5.41) is 3.87. The van der Waals surface area contributed by atoms with Gasteiger partial charge in [-0.2, -0.15) is 0 Å². The van der Waals surface area contributed by atoms with Crippen molar-refractivity contribution in [2.45, 2.75) is 50.2 Å². The van der Waals surface area contributed by atoms with Crippen molar-refractivity contribution in [3.63, 3.8) is 0 Å². The van der Waals surface area contributed by atoms with Gasteiger partial charge in [0.15, 0.2) is 0 Å². The fourth-order valence-electron chi connectivity index (χ4n) is 4.71. The highest BCUT2D eigenvalue weighted by Gasteiger charge is 2.36. The maximum Gasteiger partial charge on any atom is 0.264 e. The van der Waals surface area contributed by atoms with Crippen LogP contribution in [0.5, 0.6) is 0 Å². The molecule has 4 aromatic carbocycles. The second-order valence-electron chi connectivity index (χ2n) is 11.5. The molecule has 0 saturated carbocycles. The molecule has 2 amide bonds. The van der Waals surface area contributed by atoms with Crippen LogP contribution in [-0.4, -0.2) is 43.3 Å². The number of carbonyl (C=O) groups excluding carboxylic acids is 2. The number of nitrogens with one attached hydrogen (secondary N) is 1. The Hall–Kier alpha value is -3.56. The predicted octanol–water partition coefficient (Wildman–Crippen LogP) is 7.40. The molecule has 236 valence electrons. The van der Waals surface area contributed by atoms with Crippen LogP contribution in [0.3, 0.4) is 0 Å². The Balaban J connectivity index is 1.83. The lowest BCUT2D eigenvalue weighted by molar-refractivity contribution is -0.140. The highest BCUT2D eigenvalue weighted by atomic mass is 35.5. The van der Waals surface area contributed by atoms with E-state index in [2.05, 4.69) is 5.32 Å². The first kappa shape index (κ1) is 34.3. The third-order valence-electron chi connectivity index (χ3n) is 6.82. The van der Waals surface area contributed by atoms with Crippen molar-refractivity contribution in [3.8, 4) is 0 Å². The minimum Gasteiger partial charge on any atom is -0.350 e. The van der Waals surface area contributed by atoms with Gasteiger partial charge in [0.05, 0.1) is 15.6 Å². The van der Waals surface area contributed by atoms with Gasteiger partial charge in [0.2, 0.25) is 11.8 Å². The van der Waals surface area contributed by atoms with Gasteiger partial charge < -0.3 is 10.2 Å². The standard InChI is InChI=1S/C34H34Cl3N3O4S/c1-34(2,3)38-33(42)31(20-24-10-6-4-7-11-24)39(22-25-14-16-26(35)17-15-25)32(41)23-40(30-19-18-27(36)21-29(30)37)45(43,44)28-12-8-5-9-13-28/h4-19,21,31H,20,22-23H2,1-3H3,(H,38,42). The summed E-state index contributed by atoms with van der Waals surface area (Å²) in [6, 6.07) is 27.4. The lowest BCUT2D eigenvalue weighted by atomic mass is 10.0. The molecule has 11 heteroatoms. The van der Waals surface area contributed by atoms with Crippen molar-refractivity contribution >= 4 is 62.3 Å². The Morgan fingerprint density at radius 1 is 0.778 bits per heavy atom. The largest absolute Gasteiger partial charge is 0.350 e. The number of hydrogen-bond donors (Lipinski definition) is 1. The van der Waals surface area contributed by atoms with Gasteiger partial charge >= 0.3 is 0 Å². The number of halogens is 3. The molecular formula is C34H34Cl3N3O4S. The second kappa shape index (κ2) is 14.7. The van der Waals surface area contributed by atoms with E-state index in [1.54, 1.807) is 42.5 Å². The van der Waals surface area contributed by atoms with Gasteiger partial charge in [-0.05, 0) is 74.4 Å². The van der Waals surface area contributed by atoms with Crippen molar-refractivity contribution in [3.05, 3.63) is 129 Å². The summed E-state index contributed by atoms with van der Waals surface area (Å²) in [5.41, 5.74) is 1.01. The monoisotopic (exact) mass is 685 g/mol. The number of carbonyl (C=O) groups is 2. The molecule has 0 radical (unpaired) electrons. The molecule has 45 heavy (non-hydrogen) atoms. The minimum absolute atomic E-state index is 0.0125. The van der Waals surface area contributed by atoms with E-state index in [1.165, 1.54) is 35.2 Å². The zero-order chi connectivity index (χ0) is 32.8. The fourth-order valence-corrected chi connectivity index (χ4v) is 6.85. The topological polar surface area (TPSA) is 86.8 Å². The molecule has 4 rings (SSSR count). The van der Waals surface area contributed by atoms with Gasteiger partial charge in [-0.15, -0.1) is 0 Å². The normalized spacial score (nSPS) is 12.3. The first-order valence-electron chi connectivity index (χ1n) is 14.2. The van der Waals surface area contributed by atoms with E-state index in [1.807, 2.05) is 51.1 Å². The number of rotatable bonds is 11. The van der Waals surface area contributed by atoms with Crippen LogP contribution in [0.25, 0.3) is 0 Å². The molecule has 0 heterocycles. The Labute approximate surface area is 279 Å².